The summed E-state index contributed by atoms with van der Waals surface area (Å²) in [5.74, 6) is 0.229. The third kappa shape index (κ3) is 2.68. The topological polar surface area (TPSA) is 49.4 Å². The average Bonchev–Trinajstić information content (AvgIpc) is 3.03. The Morgan fingerprint density at radius 3 is 2.41 bits per heavy atom. The minimum atomic E-state index is -0.727. The molecular formula is C18H24N2O2. The highest BCUT2D eigenvalue weighted by Gasteiger charge is 2.49. The predicted molar refractivity (Wildman–Crippen MR) is 85.3 cm³/mol. The van der Waals surface area contributed by atoms with Crippen LogP contribution in [0.15, 0.2) is 30.3 Å². The Balaban J connectivity index is 1.93. The minimum Gasteiger partial charge on any atom is -0.341 e. The van der Waals surface area contributed by atoms with Crippen LogP contribution in [0, 0.1) is 5.92 Å². The molecule has 1 aromatic carbocycles. The number of piperidine rings is 1. The number of likely N-dealkylation sites (tertiary alicyclic amines) is 1. The number of nitrogens with one attached hydrogen (secondary N) is 1. The second kappa shape index (κ2) is 6.21. The zero-order chi connectivity index (χ0) is 15.6. The standard InChI is InChI=1S/C18H24N2O2/c1-14(21)15-12-18(19-13-15,16-8-4-2-5-9-16)17(22)20-10-6-3-7-11-20/h2,4-5,8-9,15,19H,3,6-7,10-13H2,1H3/t15-,18+/m1/s1. The van der Waals surface area contributed by atoms with Crippen molar-refractivity contribution < 1.29 is 9.59 Å². The van der Waals surface area contributed by atoms with E-state index in [1.165, 1.54) is 6.42 Å². The fourth-order valence-electron chi connectivity index (χ4n) is 3.69. The Hall–Kier alpha value is -1.68. The van der Waals surface area contributed by atoms with Gasteiger partial charge in [0.15, 0.2) is 0 Å². The molecule has 2 aliphatic rings. The lowest BCUT2D eigenvalue weighted by atomic mass is 9.83. The van der Waals surface area contributed by atoms with Crippen LogP contribution in [-0.4, -0.2) is 36.2 Å². The summed E-state index contributed by atoms with van der Waals surface area (Å²) in [4.78, 5) is 27.0. The van der Waals surface area contributed by atoms with Crippen molar-refractivity contribution in [1.29, 1.82) is 0 Å². The number of amides is 1. The highest BCUT2D eigenvalue weighted by molar-refractivity contribution is 5.90. The summed E-state index contributed by atoms with van der Waals surface area (Å²) in [6.45, 7) is 3.88. The van der Waals surface area contributed by atoms with Gasteiger partial charge in [-0.3, -0.25) is 14.9 Å². The summed E-state index contributed by atoms with van der Waals surface area (Å²) >= 11 is 0. The van der Waals surface area contributed by atoms with Gasteiger partial charge < -0.3 is 4.90 Å². The summed E-state index contributed by atoms with van der Waals surface area (Å²) in [7, 11) is 0. The lowest BCUT2D eigenvalue weighted by molar-refractivity contribution is -0.139. The van der Waals surface area contributed by atoms with Crippen LogP contribution in [0.4, 0.5) is 0 Å². The van der Waals surface area contributed by atoms with Gasteiger partial charge in [-0.2, -0.15) is 0 Å². The predicted octanol–water partition coefficient (Wildman–Crippen LogP) is 2.09. The lowest BCUT2D eigenvalue weighted by Gasteiger charge is -2.37. The van der Waals surface area contributed by atoms with Crippen molar-refractivity contribution in [3.8, 4) is 0 Å². The Morgan fingerprint density at radius 1 is 1.14 bits per heavy atom. The Morgan fingerprint density at radius 2 is 1.82 bits per heavy atom. The second-order valence-electron chi connectivity index (χ2n) is 6.52. The molecule has 1 N–H and O–H groups in total. The van der Waals surface area contributed by atoms with Gasteiger partial charge in [0.2, 0.25) is 5.91 Å². The molecule has 0 aromatic heterocycles. The number of Topliss-reactive ketones (excluding diaryl/α,β-unsaturated/α-hetero) is 1. The smallest absolute Gasteiger partial charge is 0.247 e. The first-order chi connectivity index (χ1) is 10.6. The van der Waals surface area contributed by atoms with E-state index in [1.54, 1.807) is 6.92 Å². The minimum absolute atomic E-state index is 0.0750. The van der Waals surface area contributed by atoms with E-state index in [-0.39, 0.29) is 17.6 Å². The van der Waals surface area contributed by atoms with Crippen molar-refractivity contribution in [1.82, 2.24) is 10.2 Å². The molecule has 1 aromatic rings. The van der Waals surface area contributed by atoms with Gasteiger partial charge in [0, 0.05) is 25.6 Å². The molecule has 2 saturated heterocycles. The van der Waals surface area contributed by atoms with Gasteiger partial charge in [0.25, 0.3) is 0 Å². The maximum absolute atomic E-state index is 13.2. The van der Waals surface area contributed by atoms with Crippen LogP contribution in [0.25, 0.3) is 0 Å². The largest absolute Gasteiger partial charge is 0.341 e. The maximum Gasteiger partial charge on any atom is 0.247 e. The van der Waals surface area contributed by atoms with Gasteiger partial charge in [-0.05, 0) is 38.2 Å². The average molecular weight is 300 g/mol. The van der Waals surface area contributed by atoms with Crippen LogP contribution in [0.2, 0.25) is 0 Å². The molecule has 2 atom stereocenters. The monoisotopic (exact) mass is 300 g/mol. The Kier molecular flexibility index (Phi) is 4.30. The third-order valence-corrected chi connectivity index (χ3v) is 5.05. The first kappa shape index (κ1) is 15.2. The van der Waals surface area contributed by atoms with Crippen LogP contribution in [-0.2, 0) is 15.1 Å². The zero-order valence-corrected chi connectivity index (χ0v) is 13.2. The molecule has 0 saturated carbocycles. The van der Waals surface area contributed by atoms with Gasteiger partial charge >= 0.3 is 0 Å². The number of rotatable bonds is 3. The van der Waals surface area contributed by atoms with Gasteiger partial charge in [0.05, 0.1) is 0 Å². The highest BCUT2D eigenvalue weighted by atomic mass is 16.2. The number of hydrogen-bond acceptors (Lipinski definition) is 3. The Labute approximate surface area is 131 Å². The molecule has 0 bridgehead atoms. The summed E-state index contributed by atoms with van der Waals surface area (Å²) in [5.41, 5.74) is 0.254. The Bertz CT molecular complexity index is 551. The molecule has 2 heterocycles. The van der Waals surface area contributed by atoms with E-state index in [9.17, 15) is 9.59 Å². The molecular weight excluding hydrogens is 276 g/mol. The molecule has 2 aliphatic heterocycles. The van der Waals surface area contributed by atoms with E-state index in [0.717, 1.165) is 31.5 Å². The van der Waals surface area contributed by atoms with Crippen LogP contribution < -0.4 is 5.32 Å². The number of benzene rings is 1. The van der Waals surface area contributed by atoms with Crippen molar-refractivity contribution in [3.63, 3.8) is 0 Å². The molecule has 2 fully saturated rings. The van der Waals surface area contributed by atoms with Gasteiger partial charge in [-0.25, -0.2) is 0 Å². The van der Waals surface area contributed by atoms with E-state index < -0.39 is 5.54 Å². The van der Waals surface area contributed by atoms with Crippen molar-refractivity contribution >= 4 is 11.7 Å². The molecule has 0 radical (unpaired) electrons. The molecule has 0 unspecified atom stereocenters. The molecule has 22 heavy (non-hydrogen) atoms. The molecule has 0 aliphatic carbocycles. The second-order valence-corrected chi connectivity index (χ2v) is 6.52. The molecule has 1 amide bonds. The lowest BCUT2D eigenvalue weighted by Crippen LogP contribution is -2.53. The van der Waals surface area contributed by atoms with Crippen LogP contribution in [0.1, 0.15) is 38.2 Å². The van der Waals surface area contributed by atoms with E-state index >= 15 is 0 Å². The fraction of sp³-hybridized carbons (Fsp3) is 0.556. The van der Waals surface area contributed by atoms with Crippen molar-refractivity contribution in [3.05, 3.63) is 35.9 Å². The molecule has 0 spiro atoms. The number of carbonyl (C=O) groups is 2. The third-order valence-electron chi connectivity index (χ3n) is 5.05. The number of carbonyl (C=O) groups excluding carboxylic acids is 2. The summed E-state index contributed by atoms with van der Waals surface area (Å²) < 4.78 is 0. The highest BCUT2D eigenvalue weighted by Crippen LogP contribution is 2.36. The molecule has 4 nitrogen and oxygen atoms in total. The van der Waals surface area contributed by atoms with Crippen molar-refractivity contribution in [2.24, 2.45) is 5.92 Å². The van der Waals surface area contributed by atoms with Crippen LogP contribution in [0.5, 0.6) is 0 Å². The van der Waals surface area contributed by atoms with E-state index in [4.69, 9.17) is 0 Å². The van der Waals surface area contributed by atoms with Crippen molar-refractivity contribution in [2.75, 3.05) is 19.6 Å². The quantitative estimate of drug-likeness (QED) is 0.930. The molecule has 3 rings (SSSR count). The van der Waals surface area contributed by atoms with Gasteiger partial charge in [-0.15, -0.1) is 0 Å². The summed E-state index contributed by atoms with van der Waals surface area (Å²) in [6, 6.07) is 9.88. The normalized spacial score (nSPS) is 28.6. The van der Waals surface area contributed by atoms with Crippen molar-refractivity contribution in [2.45, 2.75) is 38.1 Å². The van der Waals surface area contributed by atoms with Crippen LogP contribution >= 0.6 is 0 Å². The number of ketones is 1. The summed E-state index contributed by atoms with van der Waals surface area (Å²) in [5, 5.41) is 3.40. The van der Waals surface area contributed by atoms with E-state index in [0.29, 0.717) is 13.0 Å². The summed E-state index contributed by atoms with van der Waals surface area (Å²) in [6.07, 6.45) is 3.92. The van der Waals surface area contributed by atoms with Gasteiger partial charge in [0.1, 0.15) is 11.3 Å². The van der Waals surface area contributed by atoms with Gasteiger partial charge in [-0.1, -0.05) is 30.3 Å². The first-order valence-electron chi connectivity index (χ1n) is 8.24. The van der Waals surface area contributed by atoms with E-state index in [1.807, 2.05) is 35.2 Å². The van der Waals surface area contributed by atoms with Crippen LogP contribution in [0.3, 0.4) is 0 Å². The number of nitrogens with zero attached hydrogens (tertiary/aromatic N) is 1. The number of hydrogen-bond donors (Lipinski definition) is 1. The van der Waals surface area contributed by atoms with E-state index in [2.05, 4.69) is 5.32 Å². The molecule has 4 heteroatoms. The zero-order valence-electron chi connectivity index (χ0n) is 13.2. The fourth-order valence-corrected chi connectivity index (χ4v) is 3.69. The maximum atomic E-state index is 13.2. The SMILES string of the molecule is CC(=O)[C@H]1CN[C@](C(=O)N2CCCCC2)(c2ccccc2)C1. The molecule has 118 valence electrons. The first-order valence-corrected chi connectivity index (χ1v) is 8.24.